The first-order valence-corrected chi connectivity index (χ1v) is 11.2. The van der Waals surface area contributed by atoms with E-state index >= 15 is 0 Å². The van der Waals surface area contributed by atoms with E-state index in [1.54, 1.807) is 30.5 Å². The zero-order valence-electron chi connectivity index (χ0n) is 16.4. The average molecular weight is 523 g/mol. The SMILES string of the molecule is CC(NC(=O)c1cc(Cl)cc(Br)c1NC(=O)c1ccnn1-c1ncccc1Cl)C1CC1. The third kappa shape index (κ3) is 4.76. The summed E-state index contributed by atoms with van der Waals surface area (Å²) in [4.78, 5) is 30.2. The number of hydrogen-bond donors (Lipinski definition) is 2. The number of nitrogens with zero attached hydrogens (tertiary/aromatic N) is 3. The molecule has 1 aromatic carbocycles. The molecule has 31 heavy (non-hydrogen) atoms. The Labute approximate surface area is 197 Å². The molecule has 2 heterocycles. The predicted molar refractivity (Wildman–Crippen MR) is 123 cm³/mol. The van der Waals surface area contributed by atoms with Gasteiger partial charge >= 0.3 is 0 Å². The van der Waals surface area contributed by atoms with E-state index in [9.17, 15) is 9.59 Å². The fourth-order valence-corrected chi connectivity index (χ4v) is 4.34. The number of pyridine rings is 1. The summed E-state index contributed by atoms with van der Waals surface area (Å²) in [6.45, 7) is 1.97. The monoisotopic (exact) mass is 521 g/mol. The van der Waals surface area contributed by atoms with E-state index in [1.807, 2.05) is 6.92 Å². The van der Waals surface area contributed by atoms with E-state index in [-0.39, 0.29) is 23.2 Å². The van der Waals surface area contributed by atoms with Crippen LogP contribution < -0.4 is 10.6 Å². The number of amides is 2. The van der Waals surface area contributed by atoms with Crippen LogP contribution >= 0.6 is 39.1 Å². The second kappa shape index (κ2) is 8.98. The van der Waals surface area contributed by atoms with Crippen LogP contribution in [0.1, 0.15) is 40.6 Å². The highest BCUT2D eigenvalue weighted by Crippen LogP contribution is 2.34. The van der Waals surface area contributed by atoms with Gasteiger partial charge in [-0.05, 0) is 71.9 Å². The lowest BCUT2D eigenvalue weighted by Crippen LogP contribution is -2.34. The van der Waals surface area contributed by atoms with Gasteiger partial charge in [0.2, 0.25) is 0 Å². The average Bonchev–Trinajstić information content (AvgIpc) is 3.47. The first kappa shape index (κ1) is 21.8. The molecule has 1 fully saturated rings. The third-order valence-electron chi connectivity index (χ3n) is 5.04. The first-order valence-electron chi connectivity index (χ1n) is 9.61. The molecule has 2 aromatic heterocycles. The number of hydrogen-bond acceptors (Lipinski definition) is 4. The van der Waals surface area contributed by atoms with Crippen molar-refractivity contribution in [2.75, 3.05) is 5.32 Å². The summed E-state index contributed by atoms with van der Waals surface area (Å²) >= 11 is 15.8. The van der Waals surface area contributed by atoms with Gasteiger partial charge in [-0.1, -0.05) is 23.2 Å². The number of carbonyl (C=O) groups is 2. The molecular formula is C21H18BrCl2N5O2. The van der Waals surface area contributed by atoms with Gasteiger partial charge in [-0.2, -0.15) is 5.10 Å². The Balaban J connectivity index is 1.64. The molecule has 2 amide bonds. The molecule has 10 heteroatoms. The van der Waals surface area contributed by atoms with Gasteiger partial charge in [-0.15, -0.1) is 0 Å². The maximum Gasteiger partial charge on any atom is 0.274 e. The van der Waals surface area contributed by atoms with Crippen LogP contribution in [0.15, 0.2) is 47.2 Å². The van der Waals surface area contributed by atoms with Crippen molar-refractivity contribution in [1.29, 1.82) is 0 Å². The molecule has 1 aliphatic rings. The van der Waals surface area contributed by atoms with Crippen molar-refractivity contribution in [3.8, 4) is 5.82 Å². The second-order valence-electron chi connectivity index (χ2n) is 7.30. The number of carbonyl (C=O) groups excluding carboxylic acids is 2. The van der Waals surface area contributed by atoms with Gasteiger partial charge < -0.3 is 10.6 Å². The lowest BCUT2D eigenvalue weighted by molar-refractivity contribution is 0.0936. The lowest BCUT2D eigenvalue weighted by atomic mass is 10.1. The Kier molecular flexibility index (Phi) is 6.31. The molecule has 3 aromatic rings. The smallest absolute Gasteiger partial charge is 0.274 e. The molecule has 2 N–H and O–H groups in total. The molecule has 7 nitrogen and oxygen atoms in total. The van der Waals surface area contributed by atoms with Gasteiger partial charge in [-0.3, -0.25) is 9.59 Å². The minimum atomic E-state index is -0.480. The van der Waals surface area contributed by atoms with E-state index < -0.39 is 5.91 Å². The summed E-state index contributed by atoms with van der Waals surface area (Å²) in [7, 11) is 0. The zero-order chi connectivity index (χ0) is 22.1. The lowest BCUT2D eigenvalue weighted by Gasteiger charge is -2.17. The number of halogens is 3. The highest BCUT2D eigenvalue weighted by molar-refractivity contribution is 9.10. The Bertz CT molecular complexity index is 1160. The molecule has 1 unspecified atom stereocenters. The quantitative estimate of drug-likeness (QED) is 0.470. The molecule has 1 atom stereocenters. The van der Waals surface area contributed by atoms with Gasteiger partial charge in [0.1, 0.15) is 5.69 Å². The first-order chi connectivity index (χ1) is 14.8. The third-order valence-corrected chi connectivity index (χ3v) is 6.18. The number of benzene rings is 1. The van der Waals surface area contributed by atoms with Crippen LogP contribution in [0.5, 0.6) is 0 Å². The molecule has 4 rings (SSSR count). The van der Waals surface area contributed by atoms with Crippen LogP contribution in [0.3, 0.4) is 0 Å². The Morgan fingerprint density at radius 3 is 2.68 bits per heavy atom. The predicted octanol–water partition coefficient (Wildman–Crippen LogP) is 5.12. The van der Waals surface area contributed by atoms with Crippen LogP contribution in [0.2, 0.25) is 10.0 Å². The van der Waals surface area contributed by atoms with E-state index in [1.165, 1.54) is 16.9 Å². The summed E-state index contributed by atoms with van der Waals surface area (Å²) in [5.41, 5.74) is 0.789. The van der Waals surface area contributed by atoms with Crippen molar-refractivity contribution < 1.29 is 9.59 Å². The van der Waals surface area contributed by atoms with Crippen LogP contribution in [0.25, 0.3) is 5.82 Å². The van der Waals surface area contributed by atoms with E-state index in [4.69, 9.17) is 23.2 Å². The molecular weight excluding hydrogens is 505 g/mol. The van der Waals surface area contributed by atoms with Gasteiger partial charge in [0.15, 0.2) is 5.82 Å². The fourth-order valence-electron chi connectivity index (χ4n) is 3.23. The van der Waals surface area contributed by atoms with E-state index in [2.05, 4.69) is 36.6 Å². The van der Waals surface area contributed by atoms with Crippen LogP contribution in [0, 0.1) is 5.92 Å². The van der Waals surface area contributed by atoms with Gasteiger partial charge in [-0.25, -0.2) is 9.67 Å². The van der Waals surface area contributed by atoms with Crippen LogP contribution in [0.4, 0.5) is 5.69 Å². The largest absolute Gasteiger partial charge is 0.349 e. The summed E-state index contributed by atoms with van der Waals surface area (Å²) < 4.78 is 1.83. The van der Waals surface area contributed by atoms with Gasteiger partial charge in [0, 0.05) is 21.7 Å². The second-order valence-corrected chi connectivity index (χ2v) is 9.00. The summed E-state index contributed by atoms with van der Waals surface area (Å²) in [5, 5.41) is 10.7. The topological polar surface area (TPSA) is 88.9 Å². The van der Waals surface area contributed by atoms with Crippen molar-refractivity contribution in [3.63, 3.8) is 0 Å². The van der Waals surface area contributed by atoms with Crippen molar-refractivity contribution in [3.05, 3.63) is 68.5 Å². The van der Waals surface area contributed by atoms with Gasteiger partial charge in [0.05, 0.1) is 22.5 Å². The number of anilines is 1. The van der Waals surface area contributed by atoms with Crippen molar-refractivity contribution in [2.45, 2.75) is 25.8 Å². The van der Waals surface area contributed by atoms with Crippen molar-refractivity contribution in [2.24, 2.45) is 5.92 Å². The summed E-state index contributed by atoms with van der Waals surface area (Å²) in [6.07, 6.45) is 5.24. The molecule has 0 radical (unpaired) electrons. The van der Waals surface area contributed by atoms with Gasteiger partial charge in [0.25, 0.3) is 11.8 Å². The maximum absolute atomic E-state index is 13.1. The molecule has 1 saturated carbocycles. The molecule has 160 valence electrons. The minimum absolute atomic E-state index is 0.0431. The molecule has 0 aliphatic heterocycles. The highest BCUT2D eigenvalue weighted by atomic mass is 79.9. The molecule has 0 bridgehead atoms. The Morgan fingerprint density at radius 1 is 1.19 bits per heavy atom. The fraction of sp³-hybridized carbons (Fsp3) is 0.238. The molecule has 1 aliphatic carbocycles. The molecule has 0 spiro atoms. The number of aromatic nitrogens is 3. The highest BCUT2D eigenvalue weighted by Gasteiger charge is 2.30. The standard InChI is InChI=1S/C21H18BrCl2N5O2/c1-11(12-4-5-12)27-20(30)14-9-13(23)10-15(22)18(14)28-21(31)17-6-8-26-29(17)19-16(24)3-2-7-25-19/h2-3,6-12H,4-5H2,1H3,(H,27,30)(H,28,31). The summed E-state index contributed by atoms with van der Waals surface area (Å²) in [5.74, 6) is 0.0264. The van der Waals surface area contributed by atoms with E-state index in [0.29, 0.717) is 31.9 Å². The normalized spacial score (nSPS) is 14.2. The van der Waals surface area contributed by atoms with Crippen LogP contribution in [-0.4, -0.2) is 32.6 Å². The number of rotatable bonds is 6. The summed E-state index contributed by atoms with van der Waals surface area (Å²) in [6, 6.07) is 8.08. The minimum Gasteiger partial charge on any atom is -0.349 e. The maximum atomic E-state index is 13.1. The van der Waals surface area contributed by atoms with Crippen molar-refractivity contribution in [1.82, 2.24) is 20.1 Å². The Morgan fingerprint density at radius 2 is 1.97 bits per heavy atom. The van der Waals surface area contributed by atoms with Crippen LogP contribution in [-0.2, 0) is 0 Å². The van der Waals surface area contributed by atoms with E-state index in [0.717, 1.165) is 12.8 Å². The molecule has 0 saturated heterocycles. The number of nitrogens with one attached hydrogen (secondary N) is 2. The van der Waals surface area contributed by atoms with Crippen molar-refractivity contribution >= 4 is 56.6 Å². The Hall–Kier alpha value is -2.42. The zero-order valence-corrected chi connectivity index (χ0v) is 19.5.